The molecule has 1 aromatic rings. The minimum absolute atomic E-state index is 0.241. The fraction of sp³-hybridized carbons (Fsp3) is 0.312. The molecule has 2 rings (SSSR count). The second-order valence-corrected chi connectivity index (χ2v) is 5.11. The van der Waals surface area contributed by atoms with Crippen molar-refractivity contribution in [3.8, 4) is 0 Å². The number of ether oxygens (including phenoxy) is 1. The highest BCUT2D eigenvalue weighted by atomic mass is 32.1. The molecule has 1 aliphatic rings. The third kappa shape index (κ3) is 3.98. The predicted octanol–water partition coefficient (Wildman–Crippen LogP) is 2.60. The van der Waals surface area contributed by atoms with Crippen LogP contribution in [0.5, 0.6) is 0 Å². The summed E-state index contributed by atoms with van der Waals surface area (Å²) < 4.78 is 5.13. The molecule has 2 unspecified atom stereocenters. The molecule has 1 N–H and O–H groups in total. The molecule has 0 saturated carbocycles. The van der Waals surface area contributed by atoms with Crippen molar-refractivity contribution < 1.29 is 9.53 Å². The van der Waals surface area contributed by atoms with Gasteiger partial charge in [0.2, 0.25) is 0 Å². The van der Waals surface area contributed by atoms with Crippen LogP contribution < -0.4 is 5.32 Å². The molecule has 0 fully saturated rings. The van der Waals surface area contributed by atoms with Gasteiger partial charge in [0.15, 0.2) is 5.11 Å². The summed E-state index contributed by atoms with van der Waals surface area (Å²) in [4.78, 5) is 16.3. The molecule has 0 aromatic heterocycles. The van der Waals surface area contributed by atoms with Gasteiger partial charge in [-0.3, -0.25) is 4.79 Å². The summed E-state index contributed by atoms with van der Waals surface area (Å²) in [6.45, 7) is 3.94. The molecular formula is C16H18N2O2S. The van der Waals surface area contributed by atoms with Crippen LogP contribution in [0.15, 0.2) is 41.4 Å². The third-order valence-electron chi connectivity index (χ3n) is 3.21. The summed E-state index contributed by atoms with van der Waals surface area (Å²) in [5, 5.41) is 3.46. The number of hydrogen-bond donors (Lipinski definition) is 1. The molecule has 1 aliphatic heterocycles. The monoisotopic (exact) mass is 302 g/mol. The van der Waals surface area contributed by atoms with Gasteiger partial charge in [-0.1, -0.05) is 42.5 Å². The molecule has 0 spiro atoms. The minimum Gasteiger partial charge on any atom is -0.465 e. The van der Waals surface area contributed by atoms with Crippen LogP contribution in [0.2, 0.25) is 0 Å². The van der Waals surface area contributed by atoms with Gasteiger partial charge >= 0.3 is 5.97 Å². The van der Waals surface area contributed by atoms with Crippen LogP contribution in [0.4, 0.5) is 0 Å². The highest BCUT2D eigenvalue weighted by molar-refractivity contribution is 7.80. The molecular weight excluding hydrogens is 284 g/mol. The van der Waals surface area contributed by atoms with E-state index in [0.29, 0.717) is 17.4 Å². The quantitative estimate of drug-likeness (QED) is 0.686. The number of aliphatic imine (C=N–C) groups is 1. The van der Waals surface area contributed by atoms with Crippen molar-refractivity contribution in [3.05, 3.63) is 42.0 Å². The SMILES string of the molecule is CCOC(=O)C1C(C)=NC(=S)NC1/C=C/c1ccccc1. The Morgan fingerprint density at radius 2 is 2.14 bits per heavy atom. The van der Waals surface area contributed by atoms with Crippen molar-refractivity contribution in [1.82, 2.24) is 5.32 Å². The second kappa shape index (κ2) is 7.13. The Kier molecular flexibility index (Phi) is 5.22. The first-order valence-corrected chi connectivity index (χ1v) is 7.28. The van der Waals surface area contributed by atoms with Gasteiger partial charge in [0.05, 0.1) is 12.6 Å². The first-order chi connectivity index (χ1) is 10.1. The van der Waals surface area contributed by atoms with Gasteiger partial charge in [-0.15, -0.1) is 0 Å². The van der Waals surface area contributed by atoms with Crippen molar-refractivity contribution in [3.63, 3.8) is 0 Å². The fourth-order valence-electron chi connectivity index (χ4n) is 2.24. The zero-order chi connectivity index (χ0) is 15.2. The van der Waals surface area contributed by atoms with Crippen molar-refractivity contribution in [2.75, 3.05) is 6.61 Å². The maximum Gasteiger partial charge on any atom is 0.317 e. The van der Waals surface area contributed by atoms with Gasteiger partial charge in [0, 0.05) is 5.71 Å². The second-order valence-electron chi connectivity index (χ2n) is 4.73. The molecule has 0 bridgehead atoms. The van der Waals surface area contributed by atoms with Gasteiger partial charge in [-0.2, -0.15) is 0 Å². The van der Waals surface area contributed by atoms with E-state index in [4.69, 9.17) is 17.0 Å². The number of nitrogens with one attached hydrogen (secondary N) is 1. The Morgan fingerprint density at radius 1 is 1.43 bits per heavy atom. The van der Waals surface area contributed by atoms with E-state index in [0.717, 1.165) is 5.56 Å². The number of thiocarbonyl (C=S) groups is 1. The lowest BCUT2D eigenvalue weighted by Crippen LogP contribution is -2.48. The van der Waals surface area contributed by atoms with E-state index < -0.39 is 5.92 Å². The Hall–Kier alpha value is -2.01. The number of nitrogens with zero attached hydrogens (tertiary/aromatic N) is 1. The van der Waals surface area contributed by atoms with Crippen LogP contribution in [0.1, 0.15) is 19.4 Å². The lowest BCUT2D eigenvalue weighted by molar-refractivity contribution is -0.145. The average Bonchev–Trinajstić information content (AvgIpc) is 2.45. The lowest BCUT2D eigenvalue weighted by atomic mass is 9.93. The zero-order valence-electron chi connectivity index (χ0n) is 12.1. The van der Waals surface area contributed by atoms with Crippen molar-refractivity contribution in [2.45, 2.75) is 19.9 Å². The first kappa shape index (κ1) is 15.4. The molecule has 0 aliphatic carbocycles. The first-order valence-electron chi connectivity index (χ1n) is 6.87. The number of benzene rings is 1. The number of carbonyl (C=O) groups is 1. The van der Waals surface area contributed by atoms with Crippen molar-refractivity contribution in [2.24, 2.45) is 10.9 Å². The van der Waals surface area contributed by atoms with Gasteiger partial charge in [-0.25, -0.2) is 4.99 Å². The van der Waals surface area contributed by atoms with Crippen LogP contribution in [-0.2, 0) is 9.53 Å². The molecule has 110 valence electrons. The number of hydrogen-bond acceptors (Lipinski definition) is 3. The van der Waals surface area contributed by atoms with Crippen LogP contribution in [-0.4, -0.2) is 29.4 Å². The van der Waals surface area contributed by atoms with E-state index >= 15 is 0 Å². The van der Waals surface area contributed by atoms with Crippen LogP contribution in [0.25, 0.3) is 6.08 Å². The number of esters is 1. The Bertz CT molecular complexity index is 581. The highest BCUT2D eigenvalue weighted by Crippen LogP contribution is 2.17. The van der Waals surface area contributed by atoms with E-state index in [-0.39, 0.29) is 12.0 Å². The predicted molar refractivity (Wildman–Crippen MR) is 88.2 cm³/mol. The van der Waals surface area contributed by atoms with Crippen molar-refractivity contribution in [1.29, 1.82) is 0 Å². The van der Waals surface area contributed by atoms with E-state index in [1.54, 1.807) is 13.8 Å². The summed E-state index contributed by atoms with van der Waals surface area (Å²) in [5.74, 6) is -0.729. The third-order valence-corrected chi connectivity index (χ3v) is 3.42. The Balaban J connectivity index is 2.22. The van der Waals surface area contributed by atoms with Gasteiger partial charge in [0.25, 0.3) is 0 Å². The maximum atomic E-state index is 12.1. The summed E-state index contributed by atoms with van der Waals surface area (Å²) >= 11 is 5.11. The summed E-state index contributed by atoms with van der Waals surface area (Å²) in [6.07, 6.45) is 3.90. The number of carbonyl (C=O) groups excluding carboxylic acids is 1. The molecule has 0 radical (unpaired) electrons. The van der Waals surface area contributed by atoms with Crippen molar-refractivity contribution >= 4 is 35.1 Å². The topological polar surface area (TPSA) is 50.7 Å². The van der Waals surface area contributed by atoms with Crippen LogP contribution >= 0.6 is 12.2 Å². The molecule has 1 aromatic carbocycles. The largest absolute Gasteiger partial charge is 0.465 e. The summed E-state index contributed by atoms with van der Waals surface area (Å²) in [7, 11) is 0. The normalized spacial score (nSPS) is 21.8. The molecule has 0 amide bonds. The van der Waals surface area contributed by atoms with E-state index in [1.165, 1.54) is 0 Å². The van der Waals surface area contributed by atoms with E-state index in [9.17, 15) is 4.79 Å². The standard InChI is InChI=1S/C16H18N2O2S/c1-3-20-15(19)14-11(2)17-16(21)18-13(14)10-9-12-7-5-4-6-8-12/h4-10,13-14H,3H2,1-2H3,(H,18,21)/b10-9+. The summed E-state index contributed by atoms with van der Waals surface area (Å²) in [6, 6.07) is 9.65. The Labute approximate surface area is 129 Å². The van der Waals surface area contributed by atoms with Gasteiger partial charge in [-0.05, 0) is 31.6 Å². The van der Waals surface area contributed by atoms with E-state index in [1.807, 2.05) is 42.5 Å². The lowest BCUT2D eigenvalue weighted by Gasteiger charge is -2.28. The molecule has 0 saturated heterocycles. The van der Waals surface area contributed by atoms with Gasteiger partial charge in [0.1, 0.15) is 5.92 Å². The maximum absolute atomic E-state index is 12.1. The minimum atomic E-state index is -0.448. The molecule has 4 nitrogen and oxygen atoms in total. The Morgan fingerprint density at radius 3 is 2.81 bits per heavy atom. The van der Waals surface area contributed by atoms with Crippen LogP contribution in [0.3, 0.4) is 0 Å². The zero-order valence-corrected chi connectivity index (χ0v) is 12.9. The summed E-state index contributed by atoms with van der Waals surface area (Å²) in [5.41, 5.74) is 1.74. The number of rotatable bonds is 4. The van der Waals surface area contributed by atoms with Gasteiger partial charge < -0.3 is 10.1 Å². The fourth-order valence-corrected chi connectivity index (χ4v) is 2.52. The molecule has 5 heteroatoms. The highest BCUT2D eigenvalue weighted by Gasteiger charge is 2.34. The van der Waals surface area contributed by atoms with E-state index in [2.05, 4.69) is 10.3 Å². The average molecular weight is 302 g/mol. The molecule has 2 atom stereocenters. The smallest absolute Gasteiger partial charge is 0.317 e. The molecule has 21 heavy (non-hydrogen) atoms. The molecule has 1 heterocycles. The van der Waals surface area contributed by atoms with Crippen LogP contribution in [0, 0.1) is 5.92 Å².